The Hall–Kier alpha value is -2.16. The molecule has 3 rings (SSSR count). The fourth-order valence-electron chi connectivity index (χ4n) is 2.91. The Labute approximate surface area is 162 Å². The lowest BCUT2D eigenvalue weighted by atomic mass is 10.1. The molecule has 2 amide bonds. The highest BCUT2D eigenvalue weighted by Crippen LogP contribution is 2.22. The second-order valence-corrected chi connectivity index (χ2v) is 8.62. The van der Waals surface area contributed by atoms with Crippen molar-refractivity contribution >= 4 is 33.3 Å². The summed E-state index contributed by atoms with van der Waals surface area (Å²) in [6.45, 7) is 0.603. The molecule has 1 heterocycles. The molecule has 1 fully saturated rings. The van der Waals surface area contributed by atoms with E-state index in [1.807, 2.05) is 0 Å². The van der Waals surface area contributed by atoms with E-state index in [1.165, 1.54) is 34.6 Å². The van der Waals surface area contributed by atoms with E-state index in [1.54, 1.807) is 18.2 Å². The molecular weight excluding hydrogens is 393 g/mol. The first kappa shape index (κ1) is 19.6. The van der Waals surface area contributed by atoms with Crippen molar-refractivity contribution in [2.45, 2.75) is 23.8 Å². The Kier molecular flexibility index (Phi) is 5.98. The third-order valence-electron chi connectivity index (χ3n) is 4.32. The van der Waals surface area contributed by atoms with Crippen LogP contribution in [0.2, 0.25) is 5.02 Å². The number of amides is 2. The van der Waals surface area contributed by atoms with Gasteiger partial charge in [0.15, 0.2) is 0 Å². The molecule has 2 N–H and O–H groups in total. The first-order valence-corrected chi connectivity index (χ1v) is 10.3. The van der Waals surface area contributed by atoms with Gasteiger partial charge < -0.3 is 10.6 Å². The minimum atomic E-state index is -3.58. The number of carbonyl (C=O) groups excluding carboxylic acids is 1. The van der Waals surface area contributed by atoms with Gasteiger partial charge in [0.2, 0.25) is 10.0 Å². The summed E-state index contributed by atoms with van der Waals surface area (Å²) < 4.78 is 39.8. The van der Waals surface area contributed by atoms with Crippen molar-refractivity contribution in [3.63, 3.8) is 0 Å². The lowest BCUT2D eigenvalue weighted by molar-refractivity contribution is 0.238. The van der Waals surface area contributed by atoms with Gasteiger partial charge in [0.25, 0.3) is 0 Å². The molecule has 6 nitrogen and oxygen atoms in total. The molecule has 1 saturated heterocycles. The maximum atomic E-state index is 13.2. The van der Waals surface area contributed by atoms with Crippen molar-refractivity contribution < 1.29 is 17.6 Å². The molecule has 1 aliphatic rings. The predicted molar refractivity (Wildman–Crippen MR) is 102 cm³/mol. The molecule has 144 valence electrons. The maximum absolute atomic E-state index is 13.2. The van der Waals surface area contributed by atoms with Crippen molar-refractivity contribution in [1.29, 1.82) is 0 Å². The summed E-state index contributed by atoms with van der Waals surface area (Å²) in [5.74, 6) is -0.437. The van der Waals surface area contributed by atoms with E-state index in [2.05, 4.69) is 10.6 Å². The number of hydrogen-bond donors (Lipinski definition) is 2. The second-order valence-electron chi connectivity index (χ2n) is 6.24. The van der Waals surface area contributed by atoms with E-state index in [4.69, 9.17) is 11.6 Å². The molecule has 0 saturated carbocycles. The lowest BCUT2D eigenvalue weighted by Crippen LogP contribution is -2.47. The number of nitrogens with one attached hydrogen (secondary N) is 2. The number of benzene rings is 2. The molecule has 9 heteroatoms. The first-order chi connectivity index (χ1) is 12.8. The number of carbonyl (C=O) groups is 1. The number of urea groups is 1. The topological polar surface area (TPSA) is 78.5 Å². The van der Waals surface area contributed by atoms with Crippen molar-refractivity contribution in [1.82, 2.24) is 9.62 Å². The fraction of sp³-hybridized carbons (Fsp3) is 0.278. The number of anilines is 1. The van der Waals surface area contributed by atoms with Gasteiger partial charge in [-0.25, -0.2) is 17.6 Å². The van der Waals surface area contributed by atoms with E-state index < -0.39 is 21.9 Å². The van der Waals surface area contributed by atoms with Crippen LogP contribution in [0.5, 0.6) is 0 Å². The van der Waals surface area contributed by atoms with Gasteiger partial charge in [-0.3, -0.25) is 0 Å². The molecule has 2 aromatic carbocycles. The first-order valence-electron chi connectivity index (χ1n) is 8.43. The normalized spacial score (nSPS) is 16.1. The van der Waals surface area contributed by atoms with Crippen LogP contribution in [-0.4, -0.2) is 37.9 Å². The van der Waals surface area contributed by atoms with E-state index in [0.29, 0.717) is 36.6 Å². The summed E-state index contributed by atoms with van der Waals surface area (Å²) in [5.41, 5.74) is 0.357. The van der Waals surface area contributed by atoms with Gasteiger partial charge in [-0.05, 0) is 55.3 Å². The van der Waals surface area contributed by atoms with Crippen LogP contribution >= 0.6 is 11.6 Å². The summed E-state index contributed by atoms with van der Waals surface area (Å²) in [7, 11) is -3.58. The number of hydrogen-bond acceptors (Lipinski definition) is 3. The highest BCUT2D eigenvalue weighted by Gasteiger charge is 2.29. The molecule has 0 radical (unpaired) electrons. The molecule has 0 atom stereocenters. The Morgan fingerprint density at radius 3 is 2.41 bits per heavy atom. The molecule has 0 bridgehead atoms. The van der Waals surface area contributed by atoms with Gasteiger partial charge in [-0.15, -0.1) is 0 Å². The number of rotatable bonds is 4. The van der Waals surface area contributed by atoms with Crippen molar-refractivity contribution in [3.8, 4) is 0 Å². The van der Waals surface area contributed by atoms with Crippen LogP contribution in [0.15, 0.2) is 53.4 Å². The minimum Gasteiger partial charge on any atom is -0.335 e. The van der Waals surface area contributed by atoms with Gasteiger partial charge in [0, 0.05) is 29.8 Å². The van der Waals surface area contributed by atoms with Gasteiger partial charge in [0.05, 0.1) is 4.90 Å². The second kappa shape index (κ2) is 8.24. The van der Waals surface area contributed by atoms with Crippen LogP contribution in [0.4, 0.5) is 14.9 Å². The quantitative estimate of drug-likeness (QED) is 0.808. The predicted octanol–water partition coefficient (Wildman–Crippen LogP) is 3.45. The standard InChI is InChI=1S/C18H19ClFN3O3S/c19-13-4-6-17(7-5-13)27(25,26)23-10-8-15(9-11-23)21-18(24)22-16-3-1-2-14(20)12-16/h1-7,12,15H,8-11H2,(H2,21,22,24). The van der Waals surface area contributed by atoms with Gasteiger partial charge in [-0.2, -0.15) is 4.31 Å². The summed E-state index contributed by atoms with van der Waals surface area (Å²) >= 11 is 5.81. The number of halogens is 2. The lowest BCUT2D eigenvalue weighted by Gasteiger charge is -2.31. The molecular formula is C18H19ClFN3O3S. The zero-order chi connectivity index (χ0) is 19.4. The highest BCUT2D eigenvalue weighted by atomic mass is 35.5. The van der Waals surface area contributed by atoms with Crippen LogP contribution in [0, 0.1) is 5.82 Å². The molecule has 1 aliphatic heterocycles. The number of piperidine rings is 1. The molecule has 0 spiro atoms. The van der Waals surface area contributed by atoms with Gasteiger partial charge in [0.1, 0.15) is 5.82 Å². The SMILES string of the molecule is O=C(Nc1cccc(F)c1)NC1CCN(S(=O)(=O)c2ccc(Cl)cc2)CC1. The Morgan fingerprint density at radius 1 is 1.11 bits per heavy atom. The largest absolute Gasteiger partial charge is 0.335 e. The Morgan fingerprint density at radius 2 is 1.78 bits per heavy atom. The Balaban J connectivity index is 1.54. The van der Waals surface area contributed by atoms with Gasteiger partial charge >= 0.3 is 6.03 Å². The average molecular weight is 412 g/mol. The number of nitrogens with zero attached hydrogens (tertiary/aromatic N) is 1. The monoisotopic (exact) mass is 411 g/mol. The van der Waals surface area contributed by atoms with Crippen LogP contribution in [-0.2, 0) is 10.0 Å². The zero-order valence-corrected chi connectivity index (χ0v) is 15.9. The van der Waals surface area contributed by atoms with E-state index in [-0.39, 0.29) is 10.9 Å². The van der Waals surface area contributed by atoms with Crippen molar-refractivity contribution in [2.24, 2.45) is 0 Å². The fourth-order valence-corrected chi connectivity index (χ4v) is 4.51. The van der Waals surface area contributed by atoms with Crippen LogP contribution in [0.25, 0.3) is 0 Å². The van der Waals surface area contributed by atoms with Crippen LogP contribution in [0.3, 0.4) is 0 Å². The molecule has 0 aliphatic carbocycles. The van der Waals surface area contributed by atoms with Crippen molar-refractivity contribution in [3.05, 3.63) is 59.4 Å². The third kappa shape index (κ3) is 4.97. The summed E-state index contributed by atoms with van der Waals surface area (Å²) in [5, 5.41) is 5.84. The summed E-state index contributed by atoms with van der Waals surface area (Å²) in [6, 6.07) is 11.0. The van der Waals surface area contributed by atoms with E-state index in [0.717, 1.165) is 0 Å². The maximum Gasteiger partial charge on any atom is 0.319 e. The van der Waals surface area contributed by atoms with Crippen LogP contribution in [0.1, 0.15) is 12.8 Å². The molecule has 0 aromatic heterocycles. The summed E-state index contributed by atoms with van der Waals surface area (Å²) in [6.07, 6.45) is 0.979. The highest BCUT2D eigenvalue weighted by molar-refractivity contribution is 7.89. The molecule has 0 unspecified atom stereocenters. The Bertz CT molecular complexity index is 914. The van der Waals surface area contributed by atoms with Crippen molar-refractivity contribution in [2.75, 3.05) is 18.4 Å². The third-order valence-corrected chi connectivity index (χ3v) is 6.49. The van der Waals surface area contributed by atoms with Crippen LogP contribution < -0.4 is 10.6 Å². The smallest absolute Gasteiger partial charge is 0.319 e. The summed E-state index contributed by atoms with van der Waals surface area (Å²) in [4.78, 5) is 12.2. The average Bonchev–Trinajstić information content (AvgIpc) is 2.62. The molecule has 2 aromatic rings. The number of sulfonamides is 1. The zero-order valence-electron chi connectivity index (χ0n) is 14.4. The van der Waals surface area contributed by atoms with E-state index in [9.17, 15) is 17.6 Å². The molecule has 27 heavy (non-hydrogen) atoms. The van der Waals surface area contributed by atoms with Gasteiger partial charge in [-0.1, -0.05) is 17.7 Å². The minimum absolute atomic E-state index is 0.157. The van der Waals surface area contributed by atoms with E-state index >= 15 is 0 Å².